The molecule has 1 aliphatic carbocycles. The van der Waals surface area contributed by atoms with Gasteiger partial charge >= 0.3 is 5.97 Å². The molecule has 5 nitrogen and oxygen atoms in total. The molecule has 0 aromatic carbocycles. The number of nitrogens with one attached hydrogen (secondary N) is 1. The molecule has 0 aromatic heterocycles. The first kappa shape index (κ1) is 13.3. The molecule has 2 N–H and O–H groups in total. The van der Waals surface area contributed by atoms with Crippen molar-refractivity contribution in [2.45, 2.75) is 45.1 Å². The lowest BCUT2D eigenvalue weighted by Gasteiger charge is -2.37. The Balaban J connectivity index is 2.01. The molecule has 0 spiro atoms. The van der Waals surface area contributed by atoms with Gasteiger partial charge in [0.15, 0.2) is 0 Å². The summed E-state index contributed by atoms with van der Waals surface area (Å²) in [4.78, 5) is 23.1. The molecular formula is C13H21NO4. The molecule has 1 unspecified atom stereocenters. The Labute approximate surface area is 107 Å². The normalized spacial score (nSPS) is 28.4. The number of carboxylic acids is 1. The minimum absolute atomic E-state index is 0.00292. The van der Waals surface area contributed by atoms with Crippen molar-refractivity contribution >= 4 is 11.9 Å². The zero-order valence-electron chi connectivity index (χ0n) is 11.0. The quantitative estimate of drug-likeness (QED) is 0.790. The zero-order valence-corrected chi connectivity index (χ0v) is 11.0. The lowest BCUT2D eigenvalue weighted by atomic mass is 9.86. The molecule has 1 aliphatic heterocycles. The second kappa shape index (κ2) is 4.53. The number of amides is 1. The molecule has 1 saturated carbocycles. The van der Waals surface area contributed by atoms with Crippen LogP contribution < -0.4 is 5.32 Å². The molecule has 0 bridgehead atoms. The summed E-state index contributed by atoms with van der Waals surface area (Å²) >= 11 is 0. The highest BCUT2D eigenvalue weighted by molar-refractivity contribution is 5.83. The third-order valence-electron chi connectivity index (χ3n) is 4.16. The van der Waals surface area contributed by atoms with E-state index in [0.29, 0.717) is 26.1 Å². The highest BCUT2D eigenvalue weighted by Crippen LogP contribution is 2.52. The van der Waals surface area contributed by atoms with E-state index in [4.69, 9.17) is 9.84 Å². The van der Waals surface area contributed by atoms with Crippen molar-refractivity contribution in [3.63, 3.8) is 0 Å². The first-order chi connectivity index (χ1) is 8.35. The average Bonchev–Trinajstić information content (AvgIpc) is 2.88. The van der Waals surface area contributed by atoms with Gasteiger partial charge in [-0.1, -0.05) is 13.8 Å². The van der Waals surface area contributed by atoms with Crippen LogP contribution in [0, 0.1) is 11.3 Å². The highest BCUT2D eigenvalue weighted by atomic mass is 16.5. The van der Waals surface area contributed by atoms with Gasteiger partial charge in [0.2, 0.25) is 5.91 Å². The summed E-state index contributed by atoms with van der Waals surface area (Å²) in [6.07, 6.45) is 2.03. The van der Waals surface area contributed by atoms with Crippen LogP contribution in [0.1, 0.15) is 39.5 Å². The van der Waals surface area contributed by atoms with Crippen LogP contribution in [0.5, 0.6) is 0 Å². The fourth-order valence-electron chi connectivity index (χ4n) is 2.66. The Hall–Kier alpha value is -1.10. The minimum atomic E-state index is -0.868. The van der Waals surface area contributed by atoms with Crippen LogP contribution in [-0.2, 0) is 14.3 Å². The standard InChI is InChI=1S/C13H21NO4/c1-12(2)7-9(12)11(17)14-13(8-10(15)16)3-5-18-6-4-13/h9H,3-8H2,1-2H3,(H,14,17)(H,15,16). The molecule has 2 rings (SSSR count). The minimum Gasteiger partial charge on any atom is -0.481 e. The van der Waals surface area contributed by atoms with E-state index in [0.717, 1.165) is 6.42 Å². The summed E-state index contributed by atoms with van der Waals surface area (Å²) in [6, 6.07) is 0. The third-order valence-corrected chi connectivity index (χ3v) is 4.16. The van der Waals surface area contributed by atoms with E-state index < -0.39 is 11.5 Å². The molecule has 0 radical (unpaired) electrons. The maximum atomic E-state index is 12.1. The summed E-state index contributed by atoms with van der Waals surface area (Å²) in [5.41, 5.74) is -0.542. The molecule has 5 heteroatoms. The fraction of sp³-hybridized carbons (Fsp3) is 0.846. The first-order valence-corrected chi connectivity index (χ1v) is 6.46. The third kappa shape index (κ3) is 2.83. The predicted molar refractivity (Wildman–Crippen MR) is 65.1 cm³/mol. The zero-order chi connectivity index (χ0) is 13.4. The van der Waals surface area contributed by atoms with Crippen LogP contribution >= 0.6 is 0 Å². The lowest BCUT2D eigenvalue weighted by molar-refractivity contribution is -0.140. The number of hydrogen-bond donors (Lipinski definition) is 2. The van der Waals surface area contributed by atoms with Crippen molar-refractivity contribution in [1.29, 1.82) is 0 Å². The molecule has 2 fully saturated rings. The van der Waals surface area contributed by atoms with Crippen molar-refractivity contribution in [3.8, 4) is 0 Å². The second-order valence-corrected chi connectivity index (χ2v) is 6.20. The Morgan fingerprint density at radius 1 is 1.33 bits per heavy atom. The van der Waals surface area contributed by atoms with E-state index in [1.54, 1.807) is 0 Å². The average molecular weight is 255 g/mol. The molecule has 0 aromatic rings. The number of carbonyl (C=O) groups is 2. The molecule has 102 valence electrons. The van der Waals surface area contributed by atoms with Crippen molar-refractivity contribution in [1.82, 2.24) is 5.32 Å². The Bertz CT molecular complexity index is 358. The number of rotatable bonds is 4. The van der Waals surface area contributed by atoms with E-state index in [9.17, 15) is 9.59 Å². The summed E-state index contributed by atoms with van der Waals surface area (Å²) in [5, 5.41) is 12.0. The number of carboxylic acid groups (broad SMARTS) is 1. The summed E-state index contributed by atoms with van der Waals surface area (Å²) in [6.45, 7) is 5.15. The largest absolute Gasteiger partial charge is 0.481 e. The van der Waals surface area contributed by atoms with Gasteiger partial charge in [0.05, 0.1) is 12.0 Å². The maximum absolute atomic E-state index is 12.1. The monoisotopic (exact) mass is 255 g/mol. The van der Waals surface area contributed by atoms with E-state index in [1.165, 1.54) is 0 Å². The van der Waals surface area contributed by atoms with E-state index in [2.05, 4.69) is 19.2 Å². The van der Waals surface area contributed by atoms with Crippen molar-refractivity contribution < 1.29 is 19.4 Å². The second-order valence-electron chi connectivity index (χ2n) is 6.20. The fourth-order valence-corrected chi connectivity index (χ4v) is 2.66. The van der Waals surface area contributed by atoms with Crippen LogP contribution in [0.4, 0.5) is 0 Å². The molecule has 1 heterocycles. The van der Waals surface area contributed by atoms with Gasteiger partial charge in [-0.2, -0.15) is 0 Å². The van der Waals surface area contributed by atoms with Gasteiger partial charge in [0, 0.05) is 19.1 Å². The Kier molecular flexibility index (Phi) is 3.36. The molecule has 2 aliphatic rings. The van der Waals surface area contributed by atoms with Crippen LogP contribution in [0.2, 0.25) is 0 Å². The molecule has 1 saturated heterocycles. The Morgan fingerprint density at radius 2 is 1.89 bits per heavy atom. The summed E-state index contributed by atoms with van der Waals surface area (Å²) in [7, 11) is 0. The van der Waals surface area contributed by atoms with Crippen molar-refractivity contribution in [3.05, 3.63) is 0 Å². The van der Waals surface area contributed by atoms with Gasteiger partial charge in [-0.3, -0.25) is 9.59 Å². The van der Waals surface area contributed by atoms with Gasteiger partial charge in [0.25, 0.3) is 0 Å². The van der Waals surface area contributed by atoms with E-state index >= 15 is 0 Å². The highest BCUT2D eigenvalue weighted by Gasteiger charge is 2.52. The summed E-state index contributed by atoms with van der Waals surface area (Å²) < 4.78 is 5.26. The molecule has 1 atom stereocenters. The summed E-state index contributed by atoms with van der Waals surface area (Å²) in [5.74, 6) is -0.832. The molecular weight excluding hydrogens is 234 g/mol. The van der Waals surface area contributed by atoms with E-state index in [1.807, 2.05) is 0 Å². The van der Waals surface area contributed by atoms with Crippen molar-refractivity contribution in [2.24, 2.45) is 11.3 Å². The van der Waals surface area contributed by atoms with Gasteiger partial charge in [-0.15, -0.1) is 0 Å². The molecule has 18 heavy (non-hydrogen) atoms. The van der Waals surface area contributed by atoms with Crippen molar-refractivity contribution in [2.75, 3.05) is 13.2 Å². The van der Waals surface area contributed by atoms with Crippen LogP contribution in [0.3, 0.4) is 0 Å². The van der Waals surface area contributed by atoms with E-state index in [-0.39, 0.29) is 23.7 Å². The molecule has 1 amide bonds. The number of aliphatic carboxylic acids is 1. The SMILES string of the molecule is CC1(C)CC1C(=O)NC1(CC(=O)O)CCOCC1. The Morgan fingerprint density at radius 3 is 2.33 bits per heavy atom. The van der Waals surface area contributed by atoms with Gasteiger partial charge < -0.3 is 15.2 Å². The topological polar surface area (TPSA) is 75.6 Å². The van der Waals surface area contributed by atoms with Gasteiger partial charge in [-0.05, 0) is 24.7 Å². The predicted octanol–water partition coefficient (Wildman–Crippen LogP) is 1.17. The van der Waals surface area contributed by atoms with Gasteiger partial charge in [0.1, 0.15) is 0 Å². The number of hydrogen-bond acceptors (Lipinski definition) is 3. The van der Waals surface area contributed by atoms with Gasteiger partial charge in [-0.25, -0.2) is 0 Å². The number of carbonyl (C=O) groups excluding carboxylic acids is 1. The number of ether oxygens (including phenoxy) is 1. The first-order valence-electron chi connectivity index (χ1n) is 6.46. The van der Waals surface area contributed by atoms with Crippen LogP contribution in [-0.4, -0.2) is 35.7 Å². The van der Waals surface area contributed by atoms with Crippen LogP contribution in [0.25, 0.3) is 0 Å². The van der Waals surface area contributed by atoms with Crippen LogP contribution in [0.15, 0.2) is 0 Å². The maximum Gasteiger partial charge on any atom is 0.305 e. The smallest absolute Gasteiger partial charge is 0.305 e. The lowest BCUT2D eigenvalue weighted by Crippen LogP contribution is -2.53.